The molecule has 6 nitrogen and oxygen atoms in total. The molecule has 4 heterocycles. The lowest BCUT2D eigenvalue weighted by Crippen LogP contribution is -2.56. The number of sulfone groups is 1. The maximum atomic E-state index is 11.8. The van der Waals surface area contributed by atoms with Crippen LogP contribution in [0.1, 0.15) is 72.0 Å². The van der Waals surface area contributed by atoms with Crippen LogP contribution in [-0.4, -0.2) is 71.8 Å². The fourth-order valence-corrected chi connectivity index (χ4v) is 8.14. The molecule has 0 amide bonds. The minimum Gasteiger partial charge on any atom is -0.334 e. The highest BCUT2D eigenvalue weighted by atomic mass is 32.2. The number of imidazole rings is 1. The van der Waals surface area contributed by atoms with E-state index in [0.717, 1.165) is 54.1 Å². The van der Waals surface area contributed by atoms with Gasteiger partial charge in [-0.3, -0.25) is 4.90 Å². The maximum absolute atomic E-state index is 11.8. The molecule has 3 aliphatic heterocycles. The van der Waals surface area contributed by atoms with Gasteiger partial charge in [-0.25, -0.2) is 13.4 Å². The van der Waals surface area contributed by atoms with Crippen LogP contribution in [0, 0.1) is 17.8 Å². The zero-order valence-electron chi connectivity index (χ0n) is 24.1. The molecular formula is C31H48N4O2S. The second kappa shape index (κ2) is 11.4. The van der Waals surface area contributed by atoms with Crippen LogP contribution in [-0.2, 0) is 22.8 Å². The summed E-state index contributed by atoms with van der Waals surface area (Å²) in [4.78, 5) is 10.9. The van der Waals surface area contributed by atoms with Crippen LogP contribution in [0.25, 0.3) is 11.3 Å². The molecule has 5 rings (SSSR count). The Morgan fingerprint density at radius 2 is 1.74 bits per heavy atom. The smallest absolute Gasteiger partial charge is 0.175 e. The number of hydrogen-bond acceptors (Lipinski definition) is 5. The molecule has 0 bridgehead atoms. The first kappa shape index (κ1) is 27.9. The van der Waals surface area contributed by atoms with Gasteiger partial charge in [-0.1, -0.05) is 32.9 Å². The van der Waals surface area contributed by atoms with Crippen molar-refractivity contribution in [1.29, 1.82) is 0 Å². The van der Waals surface area contributed by atoms with Crippen molar-refractivity contribution in [3.8, 4) is 11.3 Å². The molecule has 1 aromatic carbocycles. The van der Waals surface area contributed by atoms with E-state index in [1.54, 1.807) is 12.1 Å². The van der Waals surface area contributed by atoms with E-state index in [-0.39, 0.29) is 0 Å². The number of rotatable bonds is 7. The quantitative estimate of drug-likeness (QED) is 0.463. The molecule has 3 unspecified atom stereocenters. The van der Waals surface area contributed by atoms with Gasteiger partial charge >= 0.3 is 0 Å². The van der Waals surface area contributed by atoms with Crippen molar-refractivity contribution in [2.75, 3.05) is 25.9 Å². The molecule has 1 aromatic heterocycles. The molecular weight excluding hydrogens is 492 g/mol. The first-order chi connectivity index (χ1) is 18.1. The Kier molecular flexibility index (Phi) is 8.37. The molecule has 0 saturated carbocycles. The Morgan fingerprint density at radius 1 is 1.03 bits per heavy atom. The van der Waals surface area contributed by atoms with Gasteiger partial charge in [0, 0.05) is 55.7 Å². The van der Waals surface area contributed by atoms with Gasteiger partial charge in [0.2, 0.25) is 0 Å². The Morgan fingerprint density at radius 3 is 2.37 bits per heavy atom. The van der Waals surface area contributed by atoms with E-state index < -0.39 is 9.84 Å². The second-order valence-corrected chi connectivity index (χ2v) is 14.8. The van der Waals surface area contributed by atoms with Gasteiger partial charge in [-0.05, 0) is 88.4 Å². The second-order valence-electron chi connectivity index (χ2n) is 12.8. The first-order valence-corrected chi connectivity index (χ1v) is 16.9. The van der Waals surface area contributed by atoms with Crippen molar-refractivity contribution in [2.24, 2.45) is 17.8 Å². The molecule has 3 aliphatic rings. The number of fused-ring (bicyclic) bond motifs is 1. The molecule has 210 valence electrons. The van der Waals surface area contributed by atoms with Crippen molar-refractivity contribution < 1.29 is 8.42 Å². The Hall–Kier alpha value is -1.70. The molecule has 7 heteroatoms. The lowest BCUT2D eigenvalue weighted by molar-refractivity contribution is 0.00240. The Labute approximate surface area is 230 Å². The summed E-state index contributed by atoms with van der Waals surface area (Å²) in [6, 6.07) is 9.33. The largest absolute Gasteiger partial charge is 0.334 e. The Bertz CT molecular complexity index is 1180. The minimum absolute atomic E-state index is 0.359. The fourth-order valence-electron chi connectivity index (χ4n) is 7.51. The number of nitrogens with zero attached hydrogens (tertiary/aromatic N) is 4. The highest BCUT2D eigenvalue weighted by Crippen LogP contribution is 2.37. The zero-order chi connectivity index (χ0) is 27.0. The molecule has 2 saturated heterocycles. The molecule has 38 heavy (non-hydrogen) atoms. The third kappa shape index (κ3) is 6.05. The van der Waals surface area contributed by atoms with E-state index in [4.69, 9.17) is 4.98 Å². The van der Waals surface area contributed by atoms with Crippen LogP contribution in [0.15, 0.2) is 35.4 Å². The Balaban J connectivity index is 1.17. The van der Waals surface area contributed by atoms with Crippen LogP contribution in [0.4, 0.5) is 0 Å². The standard InChI is InChI=1S/C31H48N4O2S/c1-6-27-18-28(17-23(4)35(27)19-22(2)3)33-15-13-24(14-16-33)26-9-12-31-32-30(21-34(31)20-26)25-7-10-29(11-8-25)38(5,36)37/h7-8,10-11,21-24,26-28H,6,9,12-20H2,1-5H3/t23?,26-,27?,28?/m1/s1. The van der Waals surface area contributed by atoms with E-state index in [9.17, 15) is 8.42 Å². The number of hydrogen-bond donors (Lipinski definition) is 0. The summed E-state index contributed by atoms with van der Waals surface area (Å²) in [5.74, 6) is 3.45. The van der Waals surface area contributed by atoms with Gasteiger partial charge in [0.1, 0.15) is 5.82 Å². The molecule has 2 aromatic rings. The predicted molar refractivity (Wildman–Crippen MR) is 155 cm³/mol. The van der Waals surface area contributed by atoms with Crippen molar-refractivity contribution in [3.05, 3.63) is 36.3 Å². The zero-order valence-corrected chi connectivity index (χ0v) is 25.0. The summed E-state index contributed by atoms with van der Waals surface area (Å²) in [6.07, 6.45) is 12.3. The minimum atomic E-state index is -3.18. The third-order valence-electron chi connectivity index (χ3n) is 9.60. The van der Waals surface area contributed by atoms with Crippen LogP contribution in [0.2, 0.25) is 0 Å². The van der Waals surface area contributed by atoms with E-state index in [1.165, 1.54) is 70.2 Å². The van der Waals surface area contributed by atoms with Crippen LogP contribution in [0.3, 0.4) is 0 Å². The van der Waals surface area contributed by atoms with Gasteiger partial charge < -0.3 is 9.47 Å². The van der Waals surface area contributed by atoms with Gasteiger partial charge in [0.15, 0.2) is 9.84 Å². The topological polar surface area (TPSA) is 58.4 Å². The van der Waals surface area contributed by atoms with Gasteiger partial charge in [0.05, 0.1) is 10.6 Å². The monoisotopic (exact) mass is 540 g/mol. The molecule has 0 spiro atoms. The number of aryl methyl sites for hydroxylation is 1. The summed E-state index contributed by atoms with van der Waals surface area (Å²) >= 11 is 0. The number of piperidine rings is 2. The maximum Gasteiger partial charge on any atom is 0.175 e. The van der Waals surface area contributed by atoms with Gasteiger partial charge in [0.25, 0.3) is 0 Å². The average molecular weight is 541 g/mol. The molecule has 0 aliphatic carbocycles. The van der Waals surface area contributed by atoms with Crippen LogP contribution >= 0.6 is 0 Å². The highest BCUT2D eigenvalue weighted by molar-refractivity contribution is 7.90. The first-order valence-electron chi connectivity index (χ1n) is 15.0. The van der Waals surface area contributed by atoms with Crippen molar-refractivity contribution in [2.45, 2.75) is 102 Å². The summed E-state index contributed by atoms with van der Waals surface area (Å²) in [6.45, 7) is 14.4. The van der Waals surface area contributed by atoms with Crippen molar-refractivity contribution >= 4 is 9.84 Å². The normalized spacial score (nSPS) is 28.1. The van der Waals surface area contributed by atoms with Crippen LogP contribution in [0.5, 0.6) is 0 Å². The van der Waals surface area contributed by atoms with E-state index >= 15 is 0 Å². The van der Waals surface area contributed by atoms with E-state index in [2.05, 4.69) is 48.3 Å². The lowest BCUT2D eigenvalue weighted by Gasteiger charge is -2.49. The third-order valence-corrected chi connectivity index (χ3v) is 10.7. The number of aromatic nitrogens is 2. The van der Waals surface area contributed by atoms with Gasteiger partial charge in [-0.15, -0.1) is 0 Å². The fraction of sp³-hybridized carbons (Fsp3) is 0.710. The number of benzene rings is 1. The summed E-state index contributed by atoms with van der Waals surface area (Å²) in [7, 11) is -3.18. The summed E-state index contributed by atoms with van der Waals surface area (Å²) in [5.41, 5.74) is 1.95. The molecule has 2 fully saturated rings. The summed E-state index contributed by atoms with van der Waals surface area (Å²) in [5, 5.41) is 0. The van der Waals surface area contributed by atoms with Gasteiger partial charge in [-0.2, -0.15) is 0 Å². The van der Waals surface area contributed by atoms with Crippen molar-refractivity contribution in [3.63, 3.8) is 0 Å². The predicted octanol–water partition coefficient (Wildman–Crippen LogP) is 5.52. The molecule has 0 radical (unpaired) electrons. The number of likely N-dealkylation sites (tertiary alicyclic amines) is 2. The highest BCUT2D eigenvalue weighted by Gasteiger charge is 2.37. The van der Waals surface area contributed by atoms with E-state index in [1.807, 2.05) is 12.1 Å². The molecule has 4 atom stereocenters. The molecule has 0 N–H and O–H groups in total. The van der Waals surface area contributed by atoms with Crippen molar-refractivity contribution in [1.82, 2.24) is 19.4 Å². The SMILES string of the molecule is CCC1CC(N2CCC([C@@H]3CCc4nc(-c5ccc(S(C)(=O)=O)cc5)cn4C3)CC2)CC(C)N1CC(C)C. The summed E-state index contributed by atoms with van der Waals surface area (Å²) < 4.78 is 26.0. The average Bonchev–Trinajstić information content (AvgIpc) is 3.33. The van der Waals surface area contributed by atoms with E-state index in [0.29, 0.717) is 10.9 Å². The lowest BCUT2D eigenvalue weighted by atomic mass is 9.79. The van der Waals surface area contributed by atoms with Crippen LogP contribution < -0.4 is 0 Å².